The van der Waals surface area contributed by atoms with Gasteiger partial charge in [-0.3, -0.25) is 14.6 Å². The number of benzene rings is 1. The standard InChI is InChI=1S/C18H24N4O2/c1-20(13-18(23)24)16-6-9-21(10-7-16)12-15-2-4-17(5-3-15)22-11-8-19-14-22/h2-5,8,11,14,16H,6-7,9-10,12-13H2,1H3,(H,23,24). The summed E-state index contributed by atoms with van der Waals surface area (Å²) in [5.41, 5.74) is 2.42. The van der Waals surface area contributed by atoms with Crippen LogP contribution in [-0.2, 0) is 11.3 Å². The van der Waals surface area contributed by atoms with Crippen LogP contribution in [0.5, 0.6) is 0 Å². The summed E-state index contributed by atoms with van der Waals surface area (Å²) in [5, 5.41) is 8.89. The van der Waals surface area contributed by atoms with E-state index in [0.717, 1.165) is 38.2 Å². The molecule has 1 fully saturated rings. The van der Waals surface area contributed by atoms with Crippen LogP contribution in [-0.4, -0.2) is 63.2 Å². The van der Waals surface area contributed by atoms with Crippen molar-refractivity contribution in [2.45, 2.75) is 25.4 Å². The molecule has 0 spiro atoms. The zero-order chi connectivity index (χ0) is 16.9. The number of aromatic nitrogens is 2. The SMILES string of the molecule is CN(CC(=O)O)C1CCN(Cc2ccc(-n3ccnc3)cc2)CC1. The molecule has 0 radical (unpaired) electrons. The number of hydrogen-bond acceptors (Lipinski definition) is 4. The molecule has 24 heavy (non-hydrogen) atoms. The van der Waals surface area contributed by atoms with E-state index >= 15 is 0 Å². The first-order valence-electron chi connectivity index (χ1n) is 8.33. The Morgan fingerprint density at radius 1 is 1.29 bits per heavy atom. The Balaban J connectivity index is 1.50. The van der Waals surface area contributed by atoms with E-state index in [0.29, 0.717) is 6.04 Å². The Bertz CT molecular complexity index is 646. The van der Waals surface area contributed by atoms with Gasteiger partial charge in [0.1, 0.15) is 0 Å². The van der Waals surface area contributed by atoms with Crippen LogP contribution in [0.25, 0.3) is 5.69 Å². The van der Waals surface area contributed by atoms with E-state index in [1.807, 2.05) is 22.7 Å². The number of imidazole rings is 1. The molecule has 1 aliphatic heterocycles. The summed E-state index contributed by atoms with van der Waals surface area (Å²) in [7, 11) is 1.91. The molecule has 6 nitrogen and oxygen atoms in total. The summed E-state index contributed by atoms with van der Waals surface area (Å²) in [6, 6.07) is 8.94. The van der Waals surface area contributed by atoms with Gasteiger partial charge in [-0.2, -0.15) is 0 Å². The molecule has 1 aromatic heterocycles. The quantitative estimate of drug-likeness (QED) is 0.877. The van der Waals surface area contributed by atoms with Gasteiger partial charge in [-0.1, -0.05) is 12.1 Å². The van der Waals surface area contributed by atoms with Gasteiger partial charge < -0.3 is 9.67 Å². The molecule has 1 saturated heterocycles. The first-order chi connectivity index (χ1) is 11.6. The fourth-order valence-corrected chi connectivity index (χ4v) is 3.30. The topological polar surface area (TPSA) is 61.6 Å². The Hall–Kier alpha value is -2.18. The molecule has 6 heteroatoms. The Kier molecular flexibility index (Phi) is 5.27. The first-order valence-corrected chi connectivity index (χ1v) is 8.33. The lowest BCUT2D eigenvalue weighted by atomic mass is 10.0. The van der Waals surface area contributed by atoms with E-state index in [2.05, 4.69) is 34.1 Å². The molecule has 2 aromatic rings. The van der Waals surface area contributed by atoms with Crippen LogP contribution < -0.4 is 0 Å². The second-order valence-electron chi connectivity index (χ2n) is 6.45. The molecule has 1 aromatic carbocycles. The van der Waals surface area contributed by atoms with Gasteiger partial charge in [0.05, 0.1) is 12.9 Å². The molecular formula is C18H24N4O2. The molecule has 0 saturated carbocycles. The third-order valence-corrected chi connectivity index (χ3v) is 4.71. The molecule has 0 atom stereocenters. The lowest BCUT2D eigenvalue weighted by molar-refractivity contribution is -0.138. The van der Waals surface area contributed by atoms with Gasteiger partial charge in [0.15, 0.2) is 0 Å². The molecule has 2 heterocycles. The number of rotatable bonds is 6. The minimum atomic E-state index is -0.752. The van der Waals surface area contributed by atoms with E-state index in [9.17, 15) is 4.79 Å². The lowest BCUT2D eigenvalue weighted by Crippen LogP contribution is -2.44. The lowest BCUT2D eigenvalue weighted by Gasteiger charge is -2.36. The average Bonchev–Trinajstić information content (AvgIpc) is 3.10. The molecular weight excluding hydrogens is 304 g/mol. The fourth-order valence-electron chi connectivity index (χ4n) is 3.30. The van der Waals surface area contributed by atoms with Crippen LogP contribution in [0.3, 0.4) is 0 Å². The van der Waals surface area contributed by atoms with Crippen molar-refractivity contribution in [1.82, 2.24) is 19.4 Å². The number of carboxylic acids is 1. The van der Waals surface area contributed by atoms with E-state index in [-0.39, 0.29) is 6.54 Å². The fraction of sp³-hybridized carbons (Fsp3) is 0.444. The predicted molar refractivity (Wildman–Crippen MR) is 92.1 cm³/mol. The van der Waals surface area contributed by atoms with E-state index in [1.165, 1.54) is 5.56 Å². The second-order valence-corrected chi connectivity index (χ2v) is 6.45. The van der Waals surface area contributed by atoms with Gasteiger partial charge in [0.25, 0.3) is 0 Å². The van der Waals surface area contributed by atoms with Gasteiger partial charge >= 0.3 is 5.97 Å². The highest BCUT2D eigenvalue weighted by Gasteiger charge is 2.23. The third-order valence-electron chi connectivity index (χ3n) is 4.71. The molecule has 1 aliphatic rings. The summed E-state index contributed by atoms with van der Waals surface area (Å²) in [4.78, 5) is 19.3. The zero-order valence-corrected chi connectivity index (χ0v) is 14.0. The molecule has 128 valence electrons. The number of hydrogen-bond donors (Lipinski definition) is 1. The summed E-state index contributed by atoms with van der Waals surface area (Å²) in [6.45, 7) is 3.09. The normalized spacial score (nSPS) is 16.6. The Labute approximate surface area is 142 Å². The minimum Gasteiger partial charge on any atom is -0.480 e. The second kappa shape index (κ2) is 7.59. The van der Waals surface area contributed by atoms with Crippen LogP contribution in [0, 0.1) is 0 Å². The Morgan fingerprint density at radius 2 is 2.00 bits per heavy atom. The van der Waals surface area contributed by atoms with Gasteiger partial charge in [0, 0.05) is 30.7 Å². The maximum absolute atomic E-state index is 10.8. The van der Waals surface area contributed by atoms with Gasteiger partial charge in [-0.15, -0.1) is 0 Å². The van der Waals surface area contributed by atoms with Gasteiger partial charge in [-0.05, 0) is 50.7 Å². The van der Waals surface area contributed by atoms with Crippen molar-refractivity contribution in [2.75, 3.05) is 26.7 Å². The van der Waals surface area contributed by atoms with E-state index in [1.54, 1.807) is 12.5 Å². The highest BCUT2D eigenvalue weighted by molar-refractivity contribution is 5.69. The van der Waals surface area contributed by atoms with Crippen molar-refractivity contribution >= 4 is 5.97 Å². The van der Waals surface area contributed by atoms with Crippen molar-refractivity contribution in [3.63, 3.8) is 0 Å². The molecule has 0 bridgehead atoms. The highest BCUT2D eigenvalue weighted by atomic mass is 16.4. The maximum atomic E-state index is 10.8. The summed E-state index contributed by atoms with van der Waals surface area (Å²) < 4.78 is 1.99. The molecule has 3 rings (SSSR count). The third kappa shape index (κ3) is 4.21. The van der Waals surface area contributed by atoms with Crippen molar-refractivity contribution in [1.29, 1.82) is 0 Å². The van der Waals surface area contributed by atoms with Crippen molar-refractivity contribution in [2.24, 2.45) is 0 Å². The van der Waals surface area contributed by atoms with Crippen molar-refractivity contribution in [3.8, 4) is 5.69 Å². The number of carbonyl (C=O) groups is 1. The van der Waals surface area contributed by atoms with Gasteiger partial charge in [0.2, 0.25) is 0 Å². The van der Waals surface area contributed by atoms with Crippen LogP contribution >= 0.6 is 0 Å². The van der Waals surface area contributed by atoms with E-state index in [4.69, 9.17) is 5.11 Å². The van der Waals surface area contributed by atoms with E-state index < -0.39 is 5.97 Å². The molecule has 0 unspecified atom stereocenters. The number of nitrogens with zero attached hydrogens (tertiary/aromatic N) is 4. The maximum Gasteiger partial charge on any atom is 0.317 e. The number of aliphatic carboxylic acids is 1. The monoisotopic (exact) mass is 328 g/mol. The first kappa shape index (κ1) is 16.7. The smallest absolute Gasteiger partial charge is 0.317 e. The summed E-state index contributed by atoms with van der Waals surface area (Å²) in [6.07, 6.45) is 7.56. The van der Waals surface area contributed by atoms with Crippen LogP contribution in [0.2, 0.25) is 0 Å². The molecule has 0 amide bonds. The highest BCUT2D eigenvalue weighted by Crippen LogP contribution is 2.18. The minimum absolute atomic E-state index is 0.125. The van der Waals surface area contributed by atoms with Crippen molar-refractivity contribution < 1.29 is 9.90 Å². The summed E-state index contributed by atoms with van der Waals surface area (Å²) in [5.74, 6) is -0.752. The number of carboxylic acid groups (broad SMARTS) is 1. The van der Waals surface area contributed by atoms with Crippen LogP contribution in [0.4, 0.5) is 0 Å². The molecule has 0 aliphatic carbocycles. The van der Waals surface area contributed by atoms with Crippen molar-refractivity contribution in [3.05, 3.63) is 48.5 Å². The molecule has 1 N–H and O–H groups in total. The Morgan fingerprint density at radius 3 is 2.58 bits per heavy atom. The van der Waals surface area contributed by atoms with Crippen LogP contribution in [0.15, 0.2) is 43.0 Å². The number of likely N-dealkylation sites (tertiary alicyclic amines) is 1. The summed E-state index contributed by atoms with van der Waals surface area (Å²) >= 11 is 0. The van der Waals surface area contributed by atoms with Crippen LogP contribution in [0.1, 0.15) is 18.4 Å². The predicted octanol–water partition coefficient (Wildman–Crippen LogP) is 1.85. The number of piperidine rings is 1. The average molecular weight is 328 g/mol. The van der Waals surface area contributed by atoms with Gasteiger partial charge in [-0.25, -0.2) is 4.98 Å². The zero-order valence-electron chi connectivity index (χ0n) is 14.0. The largest absolute Gasteiger partial charge is 0.480 e. The number of likely N-dealkylation sites (N-methyl/N-ethyl adjacent to an activating group) is 1.